The van der Waals surface area contributed by atoms with Crippen LogP contribution in [0.25, 0.3) is 0 Å². The Morgan fingerprint density at radius 3 is 2.47 bits per heavy atom. The van der Waals surface area contributed by atoms with E-state index < -0.39 is 20.0 Å². The molecule has 0 aliphatic rings. The minimum absolute atomic E-state index is 0.319. The van der Waals surface area contributed by atoms with Crippen molar-refractivity contribution in [1.29, 1.82) is 0 Å². The van der Waals surface area contributed by atoms with Gasteiger partial charge in [-0.15, -0.1) is 11.6 Å². The lowest BCUT2D eigenvalue weighted by molar-refractivity contribution is 0.536. The Bertz CT molecular complexity index is 497. The first-order valence-electron chi connectivity index (χ1n) is 5.22. The van der Waals surface area contributed by atoms with Crippen molar-refractivity contribution in [3.05, 3.63) is 35.6 Å². The van der Waals surface area contributed by atoms with E-state index in [1.807, 2.05) is 0 Å². The van der Waals surface area contributed by atoms with E-state index in [0.717, 1.165) is 6.26 Å². The minimum atomic E-state index is -3.26. The third-order valence-corrected chi connectivity index (χ3v) is 6.04. The van der Waals surface area contributed by atoms with Gasteiger partial charge in [-0.3, -0.25) is 0 Å². The Hall–Kier alpha value is -0.610. The quantitative estimate of drug-likeness (QED) is 0.794. The summed E-state index contributed by atoms with van der Waals surface area (Å²) < 4.78 is 35.1. The fourth-order valence-corrected chi connectivity index (χ4v) is 2.56. The average Bonchev–Trinajstić information content (AvgIpc) is 2.15. The van der Waals surface area contributed by atoms with Crippen LogP contribution in [0.3, 0.4) is 0 Å². The molecular weight excluding hydrogens is 263 g/mol. The van der Waals surface area contributed by atoms with E-state index >= 15 is 0 Å². The Labute approximate surface area is 107 Å². The van der Waals surface area contributed by atoms with Gasteiger partial charge in [0.1, 0.15) is 5.82 Å². The van der Waals surface area contributed by atoms with Crippen molar-refractivity contribution in [2.45, 2.75) is 30.4 Å². The predicted molar refractivity (Wildman–Crippen MR) is 68.7 cm³/mol. The third-order valence-electron chi connectivity index (χ3n) is 3.01. The van der Waals surface area contributed by atoms with Crippen molar-refractivity contribution in [1.82, 2.24) is 0 Å². The van der Waals surface area contributed by atoms with Crippen molar-refractivity contribution in [2.75, 3.05) is 6.26 Å². The summed E-state index contributed by atoms with van der Waals surface area (Å²) >= 11 is 6.14. The van der Waals surface area contributed by atoms with E-state index in [0.29, 0.717) is 12.0 Å². The molecule has 0 aliphatic carbocycles. The van der Waals surface area contributed by atoms with Gasteiger partial charge in [0.2, 0.25) is 0 Å². The number of rotatable bonds is 4. The lowest BCUT2D eigenvalue weighted by Crippen LogP contribution is -2.41. The molecule has 1 aromatic rings. The first kappa shape index (κ1) is 14.5. The maximum absolute atomic E-state index is 13.0. The average molecular weight is 279 g/mol. The van der Waals surface area contributed by atoms with E-state index in [9.17, 15) is 12.8 Å². The van der Waals surface area contributed by atoms with Crippen molar-refractivity contribution in [3.63, 3.8) is 0 Å². The summed E-state index contributed by atoms with van der Waals surface area (Å²) in [6, 6.07) is 6.03. The maximum Gasteiger partial charge on any atom is 0.154 e. The minimum Gasteiger partial charge on any atom is -0.229 e. The summed E-state index contributed by atoms with van der Waals surface area (Å²) in [4.78, 5) is 0. The Kier molecular flexibility index (Phi) is 4.20. The van der Waals surface area contributed by atoms with Gasteiger partial charge in [0.05, 0.1) is 10.1 Å². The largest absolute Gasteiger partial charge is 0.229 e. The fourth-order valence-electron chi connectivity index (χ4n) is 1.35. The number of hydrogen-bond donors (Lipinski definition) is 0. The van der Waals surface area contributed by atoms with Crippen LogP contribution in [-0.2, 0) is 16.3 Å². The van der Waals surface area contributed by atoms with Crippen LogP contribution in [0, 0.1) is 5.82 Å². The number of hydrogen-bond acceptors (Lipinski definition) is 2. The van der Waals surface area contributed by atoms with Gasteiger partial charge in [0.25, 0.3) is 0 Å². The summed E-state index contributed by atoms with van der Waals surface area (Å²) in [6.07, 6.45) is 1.48. The van der Waals surface area contributed by atoms with Gasteiger partial charge < -0.3 is 0 Å². The second-order valence-corrected chi connectivity index (χ2v) is 7.80. The van der Waals surface area contributed by atoms with Gasteiger partial charge in [-0.2, -0.15) is 0 Å². The van der Waals surface area contributed by atoms with Crippen LogP contribution in [0.1, 0.15) is 19.4 Å². The van der Waals surface area contributed by atoms with Crippen molar-refractivity contribution < 1.29 is 12.8 Å². The molecule has 0 spiro atoms. The number of halogens is 2. The topological polar surface area (TPSA) is 34.1 Å². The summed E-state index contributed by atoms with van der Waals surface area (Å²) in [5.74, 6) is -0.344. The zero-order valence-electron chi connectivity index (χ0n) is 10.1. The summed E-state index contributed by atoms with van der Waals surface area (Å²) in [7, 11) is -3.26. The van der Waals surface area contributed by atoms with E-state index in [2.05, 4.69) is 0 Å². The molecule has 0 N–H and O–H groups in total. The Morgan fingerprint density at radius 1 is 1.41 bits per heavy atom. The molecule has 0 saturated carbocycles. The zero-order chi connectivity index (χ0) is 13.3. The highest BCUT2D eigenvalue weighted by molar-refractivity contribution is 7.92. The van der Waals surface area contributed by atoms with Crippen molar-refractivity contribution in [3.8, 4) is 0 Å². The van der Waals surface area contributed by atoms with Gasteiger partial charge in [0.15, 0.2) is 9.84 Å². The molecule has 96 valence electrons. The molecular formula is C12H16ClFO2S. The van der Waals surface area contributed by atoms with Crippen LogP contribution >= 0.6 is 11.6 Å². The Balaban J connectivity index is 2.90. The lowest BCUT2D eigenvalue weighted by atomic mass is 10.0. The molecule has 5 heteroatoms. The molecule has 0 aromatic heterocycles. The molecule has 0 amide bonds. The Morgan fingerprint density at radius 2 is 2.00 bits per heavy atom. The van der Waals surface area contributed by atoms with Crippen molar-refractivity contribution >= 4 is 21.4 Å². The van der Waals surface area contributed by atoms with Gasteiger partial charge in [0, 0.05) is 6.26 Å². The van der Waals surface area contributed by atoms with Crippen LogP contribution in [0.4, 0.5) is 4.39 Å². The second-order valence-electron chi connectivity index (χ2n) is 4.68. The van der Waals surface area contributed by atoms with Crippen LogP contribution in [0.5, 0.6) is 0 Å². The molecule has 1 rings (SSSR count). The van der Waals surface area contributed by atoms with E-state index in [-0.39, 0.29) is 5.82 Å². The molecule has 0 aliphatic heterocycles. The maximum atomic E-state index is 13.0. The molecule has 0 fully saturated rings. The number of sulfone groups is 1. The third kappa shape index (κ3) is 3.42. The van der Waals surface area contributed by atoms with Crippen LogP contribution in [0.2, 0.25) is 0 Å². The SMILES string of the molecule is CC(C)(C(Cl)Cc1cccc(F)c1)S(C)(=O)=O. The van der Waals surface area contributed by atoms with Gasteiger partial charge >= 0.3 is 0 Å². The predicted octanol–water partition coefficient (Wildman–Crippen LogP) is 2.80. The lowest BCUT2D eigenvalue weighted by Gasteiger charge is -2.28. The van der Waals surface area contributed by atoms with E-state index in [1.54, 1.807) is 26.0 Å². The summed E-state index contributed by atoms with van der Waals surface area (Å²) in [5, 5.41) is -0.598. The molecule has 1 aromatic carbocycles. The standard InChI is InChI=1S/C12H16ClFO2S/c1-12(2,17(3,15)16)11(13)8-9-5-4-6-10(14)7-9/h4-7,11H,8H2,1-3H3. The molecule has 0 radical (unpaired) electrons. The number of benzene rings is 1. The highest BCUT2D eigenvalue weighted by Crippen LogP contribution is 2.27. The molecule has 2 nitrogen and oxygen atoms in total. The fraction of sp³-hybridized carbons (Fsp3) is 0.500. The smallest absolute Gasteiger partial charge is 0.154 e. The molecule has 0 bridgehead atoms. The molecule has 1 atom stereocenters. The number of alkyl halides is 1. The normalized spacial score (nSPS) is 14.6. The first-order valence-corrected chi connectivity index (χ1v) is 7.55. The summed E-state index contributed by atoms with van der Waals surface area (Å²) in [6.45, 7) is 3.17. The van der Waals surface area contributed by atoms with E-state index in [4.69, 9.17) is 11.6 Å². The molecule has 0 saturated heterocycles. The zero-order valence-corrected chi connectivity index (χ0v) is 11.6. The van der Waals surface area contributed by atoms with Crippen LogP contribution in [-0.4, -0.2) is 24.8 Å². The van der Waals surface area contributed by atoms with E-state index in [1.165, 1.54) is 12.1 Å². The highest BCUT2D eigenvalue weighted by atomic mass is 35.5. The second kappa shape index (κ2) is 4.94. The van der Waals surface area contributed by atoms with Crippen LogP contribution < -0.4 is 0 Å². The monoisotopic (exact) mass is 278 g/mol. The van der Waals surface area contributed by atoms with Crippen molar-refractivity contribution in [2.24, 2.45) is 0 Å². The molecule has 17 heavy (non-hydrogen) atoms. The van der Waals surface area contributed by atoms with Gasteiger partial charge in [-0.1, -0.05) is 12.1 Å². The molecule has 0 heterocycles. The highest BCUT2D eigenvalue weighted by Gasteiger charge is 2.37. The first-order chi connectivity index (χ1) is 7.64. The summed E-state index contributed by atoms with van der Waals surface area (Å²) in [5.41, 5.74) is 0.696. The van der Waals surface area contributed by atoms with Gasteiger partial charge in [-0.05, 0) is 38.0 Å². The van der Waals surface area contributed by atoms with Gasteiger partial charge in [-0.25, -0.2) is 12.8 Å². The molecule has 1 unspecified atom stereocenters. The van der Waals surface area contributed by atoms with Crippen LogP contribution in [0.15, 0.2) is 24.3 Å².